The molecule has 0 amide bonds. The number of para-hydroxylation sites is 4. The largest absolute Gasteiger partial charge is 0.493 e. The summed E-state index contributed by atoms with van der Waals surface area (Å²) in [4.78, 5) is 4.85. The van der Waals surface area contributed by atoms with Crippen LogP contribution in [0.25, 0.3) is 22.4 Å². The summed E-state index contributed by atoms with van der Waals surface area (Å²) in [6, 6.07) is 24.0. The predicted molar refractivity (Wildman–Crippen MR) is 111 cm³/mol. The van der Waals surface area contributed by atoms with E-state index in [1.165, 1.54) is 0 Å². The van der Waals surface area contributed by atoms with Gasteiger partial charge in [0.15, 0.2) is 11.5 Å². The lowest BCUT2D eigenvalue weighted by Gasteiger charge is -2.13. The van der Waals surface area contributed by atoms with Gasteiger partial charge < -0.3 is 14.0 Å². The second-order valence-electron chi connectivity index (χ2n) is 6.09. The minimum atomic E-state index is 0.516. The van der Waals surface area contributed by atoms with Crippen LogP contribution in [0.5, 0.6) is 11.5 Å². The van der Waals surface area contributed by atoms with Crippen molar-refractivity contribution in [3.05, 3.63) is 77.3 Å². The van der Waals surface area contributed by atoms with Crippen molar-refractivity contribution in [2.45, 2.75) is 6.54 Å². The first kappa shape index (κ1) is 17.6. The maximum atomic E-state index is 5.98. The summed E-state index contributed by atoms with van der Waals surface area (Å²) in [6.07, 6.45) is 0. The van der Waals surface area contributed by atoms with Gasteiger partial charge in [-0.1, -0.05) is 52.3 Å². The van der Waals surface area contributed by atoms with Crippen LogP contribution in [0.1, 0.15) is 0 Å². The molecule has 0 aliphatic carbocycles. The van der Waals surface area contributed by atoms with E-state index in [2.05, 4.69) is 38.7 Å². The molecule has 4 rings (SSSR count). The van der Waals surface area contributed by atoms with E-state index in [1.54, 1.807) is 7.11 Å². The quantitative estimate of drug-likeness (QED) is 0.408. The topological polar surface area (TPSA) is 36.3 Å². The third-order valence-electron chi connectivity index (χ3n) is 4.38. The summed E-state index contributed by atoms with van der Waals surface area (Å²) in [6.45, 7) is 1.20. The van der Waals surface area contributed by atoms with Crippen LogP contribution in [0, 0.1) is 0 Å². The minimum absolute atomic E-state index is 0.516. The molecule has 0 aliphatic heterocycles. The third-order valence-corrected chi connectivity index (χ3v) is 4.87. The van der Waals surface area contributed by atoms with Gasteiger partial charge in [-0.15, -0.1) is 0 Å². The molecule has 27 heavy (non-hydrogen) atoms. The summed E-state index contributed by atoms with van der Waals surface area (Å²) in [7, 11) is 1.65. The molecule has 0 spiro atoms. The molecular formula is C22H19BrN2O2. The monoisotopic (exact) mass is 422 g/mol. The molecular weight excluding hydrogens is 404 g/mol. The lowest BCUT2D eigenvalue weighted by molar-refractivity contribution is 0.281. The Balaban J connectivity index is 1.65. The summed E-state index contributed by atoms with van der Waals surface area (Å²) >= 11 is 3.55. The summed E-state index contributed by atoms with van der Waals surface area (Å²) in [5, 5.41) is 0. The fourth-order valence-corrected chi connectivity index (χ4v) is 3.53. The van der Waals surface area contributed by atoms with Gasteiger partial charge in [0.2, 0.25) is 0 Å². The number of rotatable bonds is 6. The molecule has 1 aromatic heterocycles. The van der Waals surface area contributed by atoms with Crippen LogP contribution in [0.3, 0.4) is 0 Å². The highest BCUT2D eigenvalue weighted by Gasteiger charge is 2.13. The van der Waals surface area contributed by atoms with Gasteiger partial charge in [-0.2, -0.15) is 0 Å². The summed E-state index contributed by atoms with van der Waals surface area (Å²) in [5.74, 6) is 2.41. The number of fused-ring (bicyclic) bond motifs is 1. The molecule has 0 N–H and O–H groups in total. The van der Waals surface area contributed by atoms with Gasteiger partial charge in [-0.3, -0.25) is 0 Å². The van der Waals surface area contributed by atoms with Crippen LogP contribution in [-0.2, 0) is 6.54 Å². The highest BCUT2D eigenvalue weighted by molar-refractivity contribution is 9.10. The number of benzene rings is 3. The van der Waals surface area contributed by atoms with Gasteiger partial charge in [0.1, 0.15) is 12.4 Å². The normalized spacial score (nSPS) is 10.9. The molecule has 0 saturated carbocycles. The van der Waals surface area contributed by atoms with E-state index in [-0.39, 0.29) is 0 Å². The van der Waals surface area contributed by atoms with Crippen molar-refractivity contribution in [2.24, 2.45) is 0 Å². The number of nitrogens with zero attached hydrogens (tertiary/aromatic N) is 2. The Morgan fingerprint density at radius 1 is 0.926 bits per heavy atom. The number of imidazole rings is 1. The third kappa shape index (κ3) is 3.69. The second kappa shape index (κ2) is 7.84. The fraction of sp³-hybridized carbons (Fsp3) is 0.136. The van der Waals surface area contributed by atoms with E-state index in [0.29, 0.717) is 13.2 Å². The molecule has 0 unspecified atom stereocenters. The van der Waals surface area contributed by atoms with Crippen molar-refractivity contribution in [1.82, 2.24) is 9.55 Å². The smallest absolute Gasteiger partial charge is 0.161 e. The van der Waals surface area contributed by atoms with Gasteiger partial charge in [-0.25, -0.2) is 4.98 Å². The van der Waals surface area contributed by atoms with Gasteiger partial charge in [0.25, 0.3) is 0 Å². The van der Waals surface area contributed by atoms with Gasteiger partial charge in [-0.05, 0) is 36.4 Å². The highest BCUT2D eigenvalue weighted by Crippen LogP contribution is 2.28. The van der Waals surface area contributed by atoms with E-state index in [9.17, 15) is 0 Å². The number of aromatic nitrogens is 2. The van der Waals surface area contributed by atoms with Crippen LogP contribution < -0.4 is 9.47 Å². The molecule has 0 saturated heterocycles. The van der Waals surface area contributed by atoms with E-state index >= 15 is 0 Å². The van der Waals surface area contributed by atoms with Crippen molar-refractivity contribution in [3.8, 4) is 22.9 Å². The van der Waals surface area contributed by atoms with E-state index in [4.69, 9.17) is 14.5 Å². The Hall–Kier alpha value is -2.79. The fourth-order valence-electron chi connectivity index (χ4n) is 3.13. The molecule has 136 valence electrons. The molecule has 0 atom stereocenters. The Morgan fingerprint density at radius 2 is 1.70 bits per heavy atom. The molecule has 0 radical (unpaired) electrons. The minimum Gasteiger partial charge on any atom is -0.493 e. The first-order chi connectivity index (χ1) is 13.3. The van der Waals surface area contributed by atoms with Crippen LogP contribution in [-0.4, -0.2) is 23.3 Å². The number of hydrogen-bond acceptors (Lipinski definition) is 3. The SMILES string of the molecule is COc1ccccc1OCCn1c(-c2cccc(Br)c2)nc2ccccc21. The zero-order valence-corrected chi connectivity index (χ0v) is 16.5. The van der Waals surface area contributed by atoms with E-state index < -0.39 is 0 Å². The summed E-state index contributed by atoms with van der Waals surface area (Å²) < 4.78 is 14.6. The molecule has 1 heterocycles. The Labute approximate surface area is 166 Å². The van der Waals surface area contributed by atoms with Gasteiger partial charge in [0.05, 0.1) is 24.7 Å². The number of halogens is 1. The lowest BCUT2D eigenvalue weighted by atomic mass is 10.2. The number of ether oxygens (including phenoxy) is 2. The molecule has 0 bridgehead atoms. The molecule has 3 aromatic carbocycles. The Morgan fingerprint density at radius 3 is 2.52 bits per heavy atom. The first-order valence-corrected chi connectivity index (χ1v) is 9.52. The maximum absolute atomic E-state index is 5.98. The van der Waals surface area contributed by atoms with Crippen LogP contribution >= 0.6 is 15.9 Å². The Bertz CT molecular complexity index is 1070. The van der Waals surface area contributed by atoms with E-state index in [1.807, 2.05) is 54.6 Å². The maximum Gasteiger partial charge on any atom is 0.161 e. The highest BCUT2D eigenvalue weighted by atomic mass is 79.9. The Kier molecular flexibility index (Phi) is 5.12. The van der Waals surface area contributed by atoms with Crippen molar-refractivity contribution >= 4 is 27.0 Å². The van der Waals surface area contributed by atoms with Crippen molar-refractivity contribution in [3.63, 3.8) is 0 Å². The number of hydrogen-bond donors (Lipinski definition) is 0. The predicted octanol–water partition coefficient (Wildman–Crippen LogP) is 5.55. The lowest BCUT2D eigenvalue weighted by Crippen LogP contribution is -2.10. The second-order valence-corrected chi connectivity index (χ2v) is 7.00. The zero-order chi connectivity index (χ0) is 18.6. The van der Waals surface area contributed by atoms with Crippen LogP contribution in [0.4, 0.5) is 0 Å². The van der Waals surface area contributed by atoms with Crippen LogP contribution in [0.2, 0.25) is 0 Å². The van der Waals surface area contributed by atoms with Gasteiger partial charge in [0, 0.05) is 10.0 Å². The molecule has 0 fully saturated rings. The van der Waals surface area contributed by atoms with Crippen molar-refractivity contribution < 1.29 is 9.47 Å². The molecule has 4 nitrogen and oxygen atoms in total. The van der Waals surface area contributed by atoms with Crippen LogP contribution in [0.15, 0.2) is 77.3 Å². The first-order valence-electron chi connectivity index (χ1n) is 8.73. The molecule has 4 aromatic rings. The van der Waals surface area contributed by atoms with Gasteiger partial charge >= 0.3 is 0 Å². The number of methoxy groups -OCH3 is 1. The molecule has 0 aliphatic rings. The average Bonchev–Trinajstić information content (AvgIpc) is 3.07. The standard InChI is InChI=1S/C22H19BrN2O2/c1-26-20-11-4-5-12-21(20)27-14-13-25-19-10-3-2-9-18(19)24-22(25)16-7-6-8-17(23)15-16/h2-12,15H,13-14H2,1H3. The molecule has 5 heteroatoms. The van der Waals surface area contributed by atoms with Crippen molar-refractivity contribution in [1.29, 1.82) is 0 Å². The average molecular weight is 423 g/mol. The van der Waals surface area contributed by atoms with Crippen molar-refractivity contribution in [2.75, 3.05) is 13.7 Å². The zero-order valence-electron chi connectivity index (χ0n) is 14.9. The summed E-state index contributed by atoms with van der Waals surface area (Å²) in [5.41, 5.74) is 3.14. The van der Waals surface area contributed by atoms with E-state index in [0.717, 1.165) is 38.4 Å².